The summed E-state index contributed by atoms with van der Waals surface area (Å²) in [6, 6.07) is 0.0713. The normalized spacial score (nSPS) is 13.3. The van der Waals surface area contributed by atoms with E-state index in [9.17, 15) is 13.2 Å². The van der Waals surface area contributed by atoms with Crippen LogP contribution in [0.25, 0.3) is 0 Å². The van der Waals surface area contributed by atoms with Gasteiger partial charge in [0.1, 0.15) is 10.3 Å². The molecular weight excluding hydrogens is 394 g/mol. The molecule has 6 nitrogen and oxygen atoms in total. The van der Waals surface area contributed by atoms with Crippen molar-refractivity contribution >= 4 is 54.9 Å². The van der Waals surface area contributed by atoms with E-state index in [1.165, 1.54) is 13.2 Å². The van der Waals surface area contributed by atoms with Crippen molar-refractivity contribution < 1.29 is 23.1 Å². The Hall–Kier alpha value is -0.190. The zero-order valence-corrected chi connectivity index (χ0v) is 14.4. The van der Waals surface area contributed by atoms with E-state index in [0.29, 0.717) is 16.8 Å². The third-order valence-electron chi connectivity index (χ3n) is 2.32. The van der Waals surface area contributed by atoms with Gasteiger partial charge in [0.05, 0.1) is 8.81 Å². The number of carboxylic acids is 1. The molecule has 0 aromatic carbocycles. The third kappa shape index (κ3) is 4.97. The number of carbonyl (C=O) groups is 1. The number of nitrogens with one attached hydrogen (secondary N) is 1. The van der Waals surface area contributed by atoms with Crippen molar-refractivity contribution in [3.63, 3.8) is 0 Å². The Morgan fingerprint density at radius 3 is 2.75 bits per heavy atom. The topological polar surface area (TPSA) is 92.7 Å². The van der Waals surface area contributed by atoms with Gasteiger partial charge >= 0.3 is 5.97 Å². The Labute approximate surface area is 134 Å². The molecule has 1 aromatic rings. The maximum absolute atomic E-state index is 12.1. The largest absolute Gasteiger partial charge is 0.480 e. The van der Waals surface area contributed by atoms with Crippen LogP contribution in [-0.2, 0) is 19.6 Å². The Kier molecular flexibility index (Phi) is 6.89. The van der Waals surface area contributed by atoms with Gasteiger partial charge in [-0.1, -0.05) is 11.6 Å². The zero-order chi connectivity index (χ0) is 15.3. The van der Waals surface area contributed by atoms with Crippen LogP contribution in [0.5, 0.6) is 0 Å². The molecule has 0 fully saturated rings. The number of hydrogen-bond donors (Lipinski definition) is 2. The summed E-state index contributed by atoms with van der Waals surface area (Å²) in [4.78, 5) is 11.1. The summed E-state index contributed by atoms with van der Waals surface area (Å²) in [5.41, 5.74) is 0. The van der Waals surface area contributed by atoms with Gasteiger partial charge < -0.3 is 9.84 Å². The van der Waals surface area contributed by atoms with Gasteiger partial charge in [0.25, 0.3) is 10.0 Å². The number of rotatable bonds is 8. The van der Waals surface area contributed by atoms with Crippen LogP contribution in [0.1, 0.15) is 12.8 Å². The van der Waals surface area contributed by atoms with Gasteiger partial charge in [-0.3, -0.25) is 4.79 Å². The van der Waals surface area contributed by atoms with Crippen LogP contribution in [0.3, 0.4) is 0 Å². The molecule has 1 atom stereocenters. The minimum Gasteiger partial charge on any atom is -0.480 e. The second-order valence-electron chi connectivity index (χ2n) is 3.83. The van der Waals surface area contributed by atoms with Crippen molar-refractivity contribution in [2.75, 3.05) is 13.7 Å². The van der Waals surface area contributed by atoms with Crippen LogP contribution in [0, 0.1) is 0 Å². The molecular formula is C10H13BrClNO5S2. The van der Waals surface area contributed by atoms with Crippen molar-refractivity contribution in [2.24, 2.45) is 0 Å². The highest BCUT2D eigenvalue weighted by atomic mass is 79.9. The minimum absolute atomic E-state index is 0.0348. The highest BCUT2D eigenvalue weighted by molar-refractivity contribution is 9.11. The monoisotopic (exact) mass is 405 g/mol. The van der Waals surface area contributed by atoms with Gasteiger partial charge in [-0.2, -0.15) is 4.72 Å². The maximum Gasteiger partial charge on any atom is 0.321 e. The first-order valence-corrected chi connectivity index (χ1v) is 8.94. The van der Waals surface area contributed by atoms with Gasteiger partial charge in [0, 0.05) is 13.7 Å². The summed E-state index contributed by atoms with van der Waals surface area (Å²) in [6.45, 7) is 0.363. The van der Waals surface area contributed by atoms with Crippen LogP contribution in [0.2, 0.25) is 5.02 Å². The highest BCUT2D eigenvalue weighted by Gasteiger charge is 2.27. The van der Waals surface area contributed by atoms with Gasteiger partial charge in [-0.25, -0.2) is 8.42 Å². The third-order valence-corrected chi connectivity index (χ3v) is 6.74. The lowest BCUT2D eigenvalue weighted by Crippen LogP contribution is -2.40. The van der Waals surface area contributed by atoms with Crippen LogP contribution >= 0.6 is 38.9 Å². The number of methoxy groups -OCH3 is 1. The van der Waals surface area contributed by atoms with E-state index in [1.807, 2.05) is 0 Å². The Bertz CT molecular complexity index is 555. The lowest BCUT2D eigenvalue weighted by molar-refractivity contribution is -0.139. The average molecular weight is 407 g/mol. The number of ether oxygens (including phenoxy) is 1. The molecule has 1 unspecified atom stereocenters. The molecule has 1 rings (SSSR count). The molecule has 1 aromatic heterocycles. The van der Waals surface area contributed by atoms with Gasteiger partial charge in [0.15, 0.2) is 0 Å². The molecule has 0 amide bonds. The first-order valence-electron chi connectivity index (χ1n) is 5.47. The fourth-order valence-corrected chi connectivity index (χ4v) is 5.01. The Morgan fingerprint density at radius 2 is 2.30 bits per heavy atom. The fourth-order valence-electron chi connectivity index (χ4n) is 1.37. The van der Waals surface area contributed by atoms with E-state index in [-0.39, 0.29) is 15.7 Å². The smallest absolute Gasteiger partial charge is 0.321 e. The molecule has 20 heavy (non-hydrogen) atoms. The van der Waals surface area contributed by atoms with Crippen molar-refractivity contribution in [2.45, 2.75) is 23.1 Å². The van der Waals surface area contributed by atoms with Gasteiger partial charge in [-0.05, 0) is 34.8 Å². The number of aliphatic carboxylic acids is 1. The standard InChI is InChI=1S/C10H13BrClNO5S2/c1-18-4-2-3-7(10(14)15)13-20(16,17)8-5-6(12)9(11)19-8/h5,7,13H,2-4H2,1H3,(H,14,15). The van der Waals surface area contributed by atoms with Crippen LogP contribution in [0.4, 0.5) is 0 Å². The molecule has 0 saturated carbocycles. The van der Waals surface area contributed by atoms with E-state index < -0.39 is 22.0 Å². The second kappa shape index (κ2) is 7.71. The van der Waals surface area contributed by atoms with Gasteiger partial charge in [-0.15, -0.1) is 11.3 Å². The molecule has 0 spiro atoms. The number of carboxylic acid groups (broad SMARTS) is 1. The number of sulfonamides is 1. The first-order chi connectivity index (χ1) is 9.27. The van der Waals surface area contributed by atoms with Crippen molar-refractivity contribution in [1.29, 1.82) is 0 Å². The summed E-state index contributed by atoms with van der Waals surface area (Å²) in [7, 11) is -2.42. The van der Waals surface area contributed by atoms with Gasteiger partial charge in [0.2, 0.25) is 0 Å². The molecule has 0 bridgehead atoms. The molecule has 114 valence electrons. The van der Waals surface area contributed by atoms with E-state index in [2.05, 4.69) is 20.7 Å². The summed E-state index contributed by atoms with van der Waals surface area (Å²) < 4.78 is 31.6. The maximum atomic E-state index is 12.1. The molecule has 2 N–H and O–H groups in total. The van der Waals surface area contributed by atoms with Crippen molar-refractivity contribution in [1.82, 2.24) is 4.72 Å². The number of hydrogen-bond acceptors (Lipinski definition) is 5. The van der Waals surface area contributed by atoms with E-state index in [4.69, 9.17) is 21.4 Å². The van der Waals surface area contributed by atoms with E-state index in [0.717, 1.165) is 11.3 Å². The van der Waals surface area contributed by atoms with Crippen molar-refractivity contribution in [3.8, 4) is 0 Å². The first kappa shape index (κ1) is 17.9. The molecule has 10 heteroatoms. The summed E-state index contributed by atoms with van der Waals surface area (Å²) in [5, 5.41) is 9.31. The van der Waals surface area contributed by atoms with E-state index in [1.54, 1.807) is 0 Å². The SMILES string of the molecule is COCCCC(NS(=O)(=O)c1cc(Cl)c(Br)s1)C(=O)O. The lowest BCUT2D eigenvalue weighted by Gasteiger charge is -2.13. The van der Waals surface area contributed by atoms with Crippen LogP contribution in [-0.4, -0.2) is 39.3 Å². The lowest BCUT2D eigenvalue weighted by atomic mass is 10.2. The summed E-state index contributed by atoms with van der Waals surface area (Å²) in [6.07, 6.45) is 0.577. The Balaban J connectivity index is 2.83. The molecule has 0 saturated heterocycles. The Morgan fingerprint density at radius 1 is 1.65 bits per heavy atom. The predicted molar refractivity (Wildman–Crippen MR) is 79.9 cm³/mol. The summed E-state index contributed by atoms with van der Waals surface area (Å²) >= 11 is 9.81. The summed E-state index contributed by atoms with van der Waals surface area (Å²) in [5.74, 6) is -1.23. The van der Waals surface area contributed by atoms with Crippen LogP contribution in [0.15, 0.2) is 14.1 Å². The zero-order valence-electron chi connectivity index (χ0n) is 10.4. The molecule has 0 radical (unpaired) electrons. The highest BCUT2D eigenvalue weighted by Crippen LogP contribution is 2.34. The van der Waals surface area contributed by atoms with Crippen molar-refractivity contribution in [3.05, 3.63) is 14.9 Å². The quantitative estimate of drug-likeness (QED) is 0.646. The molecule has 1 heterocycles. The minimum atomic E-state index is -3.91. The molecule has 0 aliphatic heterocycles. The number of thiophene rings is 1. The van der Waals surface area contributed by atoms with E-state index >= 15 is 0 Å². The van der Waals surface area contributed by atoms with Crippen LogP contribution < -0.4 is 4.72 Å². The fraction of sp³-hybridized carbons (Fsp3) is 0.500. The number of halogens is 2. The average Bonchev–Trinajstić information content (AvgIpc) is 2.69. The second-order valence-corrected chi connectivity index (χ2v) is 8.55. The molecule has 0 aliphatic carbocycles. The molecule has 0 aliphatic rings. The predicted octanol–water partition coefficient (Wildman–Crippen LogP) is 2.32.